The molecule has 2 heterocycles. The Morgan fingerprint density at radius 3 is 2.63 bits per heavy atom. The smallest absolute Gasteiger partial charge is 0.0235 e. The molecule has 2 rings (SSSR count). The molecule has 2 fully saturated rings. The minimum absolute atomic E-state index is 0.680. The van der Waals surface area contributed by atoms with E-state index in [4.69, 9.17) is 0 Å². The fourth-order valence-electron chi connectivity index (χ4n) is 3.53. The van der Waals surface area contributed by atoms with Crippen LogP contribution in [0.1, 0.15) is 51.9 Å². The summed E-state index contributed by atoms with van der Waals surface area (Å²) in [5.41, 5.74) is 0. The number of hydrogen-bond acceptors (Lipinski definition) is 3. The molecule has 3 heteroatoms. The van der Waals surface area contributed by atoms with Gasteiger partial charge in [-0.2, -0.15) is 0 Å². The van der Waals surface area contributed by atoms with Crippen LogP contribution in [0.4, 0.5) is 0 Å². The van der Waals surface area contributed by atoms with Crippen LogP contribution in [0, 0.1) is 0 Å². The molecule has 0 radical (unpaired) electrons. The van der Waals surface area contributed by atoms with Gasteiger partial charge in [-0.25, -0.2) is 0 Å². The highest BCUT2D eigenvalue weighted by atomic mass is 15.3. The van der Waals surface area contributed by atoms with Crippen molar-refractivity contribution in [3.05, 3.63) is 0 Å². The Bertz CT molecular complexity index is 238. The molecule has 0 aromatic heterocycles. The summed E-state index contributed by atoms with van der Waals surface area (Å²) < 4.78 is 0. The van der Waals surface area contributed by atoms with Gasteiger partial charge in [-0.05, 0) is 72.3 Å². The topological polar surface area (TPSA) is 18.5 Å². The summed E-state index contributed by atoms with van der Waals surface area (Å²) in [4.78, 5) is 5.45. The highest BCUT2D eigenvalue weighted by Gasteiger charge is 2.27. The number of rotatable bonds is 7. The zero-order valence-corrected chi connectivity index (χ0v) is 13.0. The van der Waals surface area contributed by atoms with Crippen LogP contribution < -0.4 is 5.32 Å². The third kappa shape index (κ3) is 5.05. The predicted octanol–water partition coefficient (Wildman–Crippen LogP) is 2.32. The van der Waals surface area contributed by atoms with E-state index in [1.165, 1.54) is 77.7 Å². The van der Waals surface area contributed by atoms with Gasteiger partial charge in [0, 0.05) is 18.6 Å². The fourth-order valence-corrected chi connectivity index (χ4v) is 3.53. The average molecular weight is 267 g/mol. The molecule has 2 aliphatic rings. The van der Waals surface area contributed by atoms with Gasteiger partial charge in [0.2, 0.25) is 0 Å². The fraction of sp³-hybridized carbons (Fsp3) is 1.00. The normalized spacial score (nSPS) is 27.8. The van der Waals surface area contributed by atoms with E-state index in [1.54, 1.807) is 0 Å². The number of unbranched alkanes of at least 4 members (excludes halogenated alkanes) is 1. The summed E-state index contributed by atoms with van der Waals surface area (Å²) in [6.07, 6.45) is 9.78. The van der Waals surface area contributed by atoms with Gasteiger partial charge in [0.15, 0.2) is 0 Å². The maximum atomic E-state index is 3.32. The van der Waals surface area contributed by atoms with Crippen LogP contribution in [0.3, 0.4) is 0 Å². The lowest BCUT2D eigenvalue weighted by Crippen LogP contribution is -2.40. The van der Waals surface area contributed by atoms with Crippen molar-refractivity contribution in [2.75, 3.05) is 39.8 Å². The molecule has 0 amide bonds. The van der Waals surface area contributed by atoms with E-state index in [2.05, 4.69) is 29.1 Å². The molecule has 2 saturated heterocycles. The first-order valence-corrected chi connectivity index (χ1v) is 8.43. The number of nitrogens with zero attached hydrogens (tertiary/aromatic N) is 2. The van der Waals surface area contributed by atoms with E-state index >= 15 is 0 Å². The number of likely N-dealkylation sites (tertiary alicyclic amines) is 2. The Balaban J connectivity index is 1.57. The molecule has 0 aliphatic carbocycles. The third-order valence-electron chi connectivity index (χ3n) is 5.01. The van der Waals surface area contributed by atoms with E-state index in [-0.39, 0.29) is 0 Å². The van der Waals surface area contributed by atoms with Gasteiger partial charge < -0.3 is 10.2 Å². The molecule has 19 heavy (non-hydrogen) atoms. The van der Waals surface area contributed by atoms with Crippen LogP contribution in [0.5, 0.6) is 0 Å². The maximum absolute atomic E-state index is 3.32. The molecular formula is C16H33N3. The summed E-state index contributed by atoms with van der Waals surface area (Å²) in [7, 11) is 2.06. The lowest BCUT2D eigenvalue weighted by Gasteiger charge is -2.32. The van der Waals surface area contributed by atoms with E-state index in [1.807, 2.05) is 0 Å². The maximum Gasteiger partial charge on any atom is 0.0235 e. The van der Waals surface area contributed by atoms with Gasteiger partial charge in [-0.3, -0.25) is 4.90 Å². The Labute approximate surface area is 119 Å². The minimum atomic E-state index is 0.680. The highest BCUT2D eigenvalue weighted by Crippen LogP contribution is 2.20. The second kappa shape index (κ2) is 8.23. The standard InChI is InChI=1S/C16H33N3/c1-15(17-2)8-4-7-10-18-13-9-16(14-18)19-11-5-3-6-12-19/h15-17H,3-14H2,1-2H3. The first kappa shape index (κ1) is 15.3. The zero-order chi connectivity index (χ0) is 13.5. The van der Waals surface area contributed by atoms with Crippen molar-refractivity contribution in [3.63, 3.8) is 0 Å². The van der Waals surface area contributed by atoms with Gasteiger partial charge in [0.25, 0.3) is 0 Å². The molecular weight excluding hydrogens is 234 g/mol. The summed E-state index contributed by atoms with van der Waals surface area (Å²) in [5.74, 6) is 0. The van der Waals surface area contributed by atoms with Crippen molar-refractivity contribution in [1.29, 1.82) is 0 Å². The first-order chi connectivity index (χ1) is 9.29. The van der Waals surface area contributed by atoms with Crippen LogP contribution in [0.25, 0.3) is 0 Å². The van der Waals surface area contributed by atoms with Crippen molar-refractivity contribution in [2.24, 2.45) is 0 Å². The van der Waals surface area contributed by atoms with Crippen LogP contribution in [0.15, 0.2) is 0 Å². The summed E-state index contributed by atoms with van der Waals surface area (Å²) in [5, 5.41) is 3.32. The van der Waals surface area contributed by atoms with Gasteiger partial charge >= 0.3 is 0 Å². The van der Waals surface area contributed by atoms with Gasteiger partial charge in [-0.1, -0.05) is 12.8 Å². The molecule has 0 spiro atoms. The molecule has 2 atom stereocenters. The van der Waals surface area contributed by atoms with Crippen molar-refractivity contribution in [1.82, 2.24) is 15.1 Å². The SMILES string of the molecule is CNC(C)CCCCN1CCC(N2CCCCC2)C1. The number of piperidine rings is 1. The molecule has 0 aromatic carbocycles. The van der Waals surface area contributed by atoms with Gasteiger partial charge in [0.05, 0.1) is 0 Å². The lowest BCUT2D eigenvalue weighted by atomic mass is 10.1. The molecule has 1 N–H and O–H groups in total. The first-order valence-electron chi connectivity index (χ1n) is 8.43. The Morgan fingerprint density at radius 1 is 1.11 bits per heavy atom. The monoisotopic (exact) mass is 267 g/mol. The van der Waals surface area contributed by atoms with Crippen LogP contribution in [0.2, 0.25) is 0 Å². The number of hydrogen-bond donors (Lipinski definition) is 1. The van der Waals surface area contributed by atoms with Gasteiger partial charge in [0.1, 0.15) is 0 Å². The summed E-state index contributed by atoms with van der Waals surface area (Å²) >= 11 is 0. The molecule has 0 saturated carbocycles. The molecule has 0 bridgehead atoms. The van der Waals surface area contributed by atoms with Gasteiger partial charge in [-0.15, -0.1) is 0 Å². The second-order valence-corrected chi connectivity index (χ2v) is 6.53. The largest absolute Gasteiger partial charge is 0.317 e. The summed E-state index contributed by atoms with van der Waals surface area (Å²) in [6.45, 7) is 8.99. The van der Waals surface area contributed by atoms with Crippen molar-refractivity contribution in [3.8, 4) is 0 Å². The summed E-state index contributed by atoms with van der Waals surface area (Å²) in [6, 6.07) is 1.55. The molecule has 112 valence electrons. The van der Waals surface area contributed by atoms with Crippen LogP contribution in [-0.2, 0) is 0 Å². The Hall–Kier alpha value is -0.120. The zero-order valence-electron chi connectivity index (χ0n) is 13.0. The lowest BCUT2D eigenvalue weighted by molar-refractivity contribution is 0.162. The van der Waals surface area contributed by atoms with Crippen LogP contribution in [-0.4, -0.2) is 61.7 Å². The second-order valence-electron chi connectivity index (χ2n) is 6.53. The quantitative estimate of drug-likeness (QED) is 0.714. The van der Waals surface area contributed by atoms with Crippen molar-refractivity contribution < 1.29 is 0 Å². The minimum Gasteiger partial charge on any atom is -0.317 e. The van der Waals surface area contributed by atoms with E-state index < -0.39 is 0 Å². The van der Waals surface area contributed by atoms with E-state index in [9.17, 15) is 0 Å². The Morgan fingerprint density at radius 2 is 1.89 bits per heavy atom. The molecule has 3 nitrogen and oxygen atoms in total. The van der Waals surface area contributed by atoms with E-state index in [0.717, 1.165) is 6.04 Å². The molecule has 2 aliphatic heterocycles. The third-order valence-corrected chi connectivity index (χ3v) is 5.01. The number of nitrogens with one attached hydrogen (secondary N) is 1. The van der Waals surface area contributed by atoms with Crippen LogP contribution >= 0.6 is 0 Å². The Kier molecular flexibility index (Phi) is 6.62. The average Bonchev–Trinajstić information content (AvgIpc) is 2.93. The highest BCUT2D eigenvalue weighted by molar-refractivity contribution is 4.84. The predicted molar refractivity (Wildman–Crippen MR) is 82.6 cm³/mol. The molecule has 0 aromatic rings. The van der Waals surface area contributed by atoms with Crippen molar-refractivity contribution in [2.45, 2.75) is 64.0 Å². The van der Waals surface area contributed by atoms with Crippen molar-refractivity contribution >= 4 is 0 Å². The molecule has 2 unspecified atom stereocenters. The van der Waals surface area contributed by atoms with E-state index in [0.29, 0.717) is 6.04 Å².